The number of benzene rings is 1. The molecule has 2 aliphatic heterocycles. The first-order valence-corrected chi connectivity index (χ1v) is 7.82. The highest BCUT2D eigenvalue weighted by molar-refractivity contribution is 5.99. The fourth-order valence-corrected chi connectivity index (χ4v) is 3.42. The fourth-order valence-electron chi connectivity index (χ4n) is 3.42. The second-order valence-electron chi connectivity index (χ2n) is 5.94. The predicted molar refractivity (Wildman–Crippen MR) is 84.2 cm³/mol. The van der Waals surface area contributed by atoms with Crippen LogP contribution in [0.1, 0.15) is 35.7 Å². The van der Waals surface area contributed by atoms with Gasteiger partial charge in [-0.1, -0.05) is 0 Å². The van der Waals surface area contributed by atoms with Crippen molar-refractivity contribution in [1.29, 1.82) is 0 Å². The standard InChI is InChI=1S/C17H20N2O4/c1-11(20)18-9-7-12-10-13(5-6-14(12)18)16(21)19-8-3-4-15(19)17(22)23-2/h5-6,10,15H,3-4,7-9H2,1-2H3/t15-/m0/s1. The number of ether oxygens (including phenoxy) is 1. The maximum atomic E-state index is 12.7. The largest absolute Gasteiger partial charge is 0.467 e. The Morgan fingerprint density at radius 1 is 1.22 bits per heavy atom. The van der Waals surface area contributed by atoms with Crippen LogP contribution in [0.4, 0.5) is 5.69 Å². The smallest absolute Gasteiger partial charge is 0.328 e. The van der Waals surface area contributed by atoms with Crippen LogP contribution in [-0.2, 0) is 20.7 Å². The summed E-state index contributed by atoms with van der Waals surface area (Å²) in [4.78, 5) is 39.4. The van der Waals surface area contributed by atoms with Crippen molar-refractivity contribution in [3.63, 3.8) is 0 Å². The van der Waals surface area contributed by atoms with Gasteiger partial charge < -0.3 is 14.5 Å². The molecule has 122 valence electrons. The van der Waals surface area contributed by atoms with E-state index in [0.717, 1.165) is 24.1 Å². The summed E-state index contributed by atoms with van der Waals surface area (Å²) in [6.07, 6.45) is 2.19. The molecule has 1 atom stereocenters. The molecule has 2 aliphatic rings. The molecule has 0 saturated carbocycles. The van der Waals surface area contributed by atoms with E-state index in [9.17, 15) is 14.4 Å². The molecular weight excluding hydrogens is 296 g/mol. The summed E-state index contributed by atoms with van der Waals surface area (Å²) in [5.41, 5.74) is 2.44. The Bertz CT molecular complexity index is 671. The van der Waals surface area contributed by atoms with Gasteiger partial charge in [-0.15, -0.1) is 0 Å². The summed E-state index contributed by atoms with van der Waals surface area (Å²) in [7, 11) is 1.34. The van der Waals surface area contributed by atoms with Gasteiger partial charge in [0.05, 0.1) is 7.11 Å². The number of likely N-dealkylation sites (tertiary alicyclic amines) is 1. The average Bonchev–Trinajstić information content (AvgIpc) is 3.19. The van der Waals surface area contributed by atoms with E-state index in [-0.39, 0.29) is 17.8 Å². The number of anilines is 1. The summed E-state index contributed by atoms with van der Waals surface area (Å²) in [5.74, 6) is -0.505. The van der Waals surface area contributed by atoms with Gasteiger partial charge in [0.25, 0.3) is 5.91 Å². The minimum Gasteiger partial charge on any atom is -0.467 e. The van der Waals surface area contributed by atoms with Crippen LogP contribution < -0.4 is 4.90 Å². The third-order valence-corrected chi connectivity index (χ3v) is 4.59. The van der Waals surface area contributed by atoms with Crippen molar-refractivity contribution >= 4 is 23.5 Å². The van der Waals surface area contributed by atoms with Gasteiger partial charge in [0.1, 0.15) is 6.04 Å². The molecule has 2 amide bonds. The molecule has 0 aliphatic carbocycles. The number of hydrogen-bond acceptors (Lipinski definition) is 4. The van der Waals surface area contributed by atoms with Gasteiger partial charge in [-0.2, -0.15) is 0 Å². The van der Waals surface area contributed by atoms with Gasteiger partial charge in [0.2, 0.25) is 5.91 Å². The average molecular weight is 316 g/mol. The van der Waals surface area contributed by atoms with Crippen LogP contribution in [-0.4, -0.2) is 48.9 Å². The molecule has 0 spiro atoms. The number of carbonyl (C=O) groups is 3. The van der Waals surface area contributed by atoms with Gasteiger partial charge in [-0.25, -0.2) is 4.79 Å². The monoisotopic (exact) mass is 316 g/mol. The number of methoxy groups -OCH3 is 1. The van der Waals surface area contributed by atoms with E-state index in [0.29, 0.717) is 25.1 Å². The summed E-state index contributed by atoms with van der Waals surface area (Å²) in [6, 6.07) is 4.90. The zero-order valence-electron chi connectivity index (χ0n) is 13.4. The van der Waals surface area contributed by atoms with E-state index in [2.05, 4.69) is 0 Å². The third kappa shape index (κ3) is 2.69. The topological polar surface area (TPSA) is 66.9 Å². The van der Waals surface area contributed by atoms with Gasteiger partial charge >= 0.3 is 5.97 Å². The third-order valence-electron chi connectivity index (χ3n) is 4.59. The number of nitrogens with zero attached hydrogens (tertiary/aromatic N) is 2. The van der Waals surface area contributed by atoms with E-state index in [1.165, 1.54) is 7.11 Å². The summed E-state index contributed by atoms with van der Waals surface area (Å²) in [5, 5.41) is 0. The highest BCUT2D eigenvalue weighted by atomic mass is 16.5. The van der Waals surface area contributed by atoms with Crippen molar-refractivity contribution < 1.29 is 19.1 Å². The number of hydrogen-bond donors (Lipinski definition) is 0. The molecule has 0 unspecified atom stereocenters. The number of carbonyl (C=O) groups excluding carboxylic acids is 3. The molecule has 1 aromatic rings. The highest BCUT2D eigenvalue weighted by Gasteiger charge is 2.35. The first-order chi connectivity index (χ1) is 11.0. The van der Waals surface area contributed by atoms with Crippen molar-refractivity contribution in [2.45, 2.75) is 32.2 Å². The van der Waals surface area contributed by atoms with Crippen LogP contribution >= 0.6 is 0 Å². The van der Waals surface area contributed by atoms with Crippen LogP contribution in [0.25, 0.3) is 0 Å². The lowest BCUT2D eigenvalue weighted by Gasteiger charge is -2.23. The molecule has 1 aromatic carbocycles. The van der Waals surface area contributed by atoms with Crippen LogP contribution in [0.5, 0.6) is 0 Å². The zero-order valence-corrected chi connectivity index (χ0v) is 13.4. The molecule has 3 rings (SSSR count). The first-order valence-electron chi connectivity index (χ1n) is 7.82. The van der Waals surface area contributed by atoms with Gasteiger partial charge in [0, 0.05) is 31.3 Å². The Kier molecular flexibility index (Phi) is 4.07. The maximum Gasteiger partial charge on any atom is 0.328 e. The van der Waals surface area contributed by atoms with E-state index in [1.54, 1.807) is 22.8 Å². The lowest BCUT2D eigenvalue weighted by molar-refractivity contribution is -0.145. The van der Waals surface area contributed by atoms with Crippen molar-refractivity contribution in [3.05, 3.63) is 29.3 Å². The molecule has 1 saturated heterocycles. The summed E-state index contributed by atoms with van der Waals surface area (Å²) in [6.45, 7) is 2.76. The molecule has 0 aromatic heterocycles. The molecule has 1 fully saturated rings. The van der Waals surface area contributed by atoms with Crippen molar-refractivity contribution in [2.75, 3.05) is 25.1 Å². The Morgan fingerprint density at radius 2 is 2.00 bits per heavy atom. The quantitative estimate of drug-likeness (QED) is 0.773. The molecule has 2 heterocycles. The van der Waals surface area contributed by atoms with Crippen molar-refractivity contribution in [2.24, 2.45) is 0 Å². The van der Waals surface area contributed by atoms with E-state index >= 15 is 0 Å². The Morgan fingerprint density at radius 3 is 2.70 bits per heavy atom. The SMILES string of the molecule is COC(=O)[C@@H]1CCCN1C(=O)c1ccc2c(c1)CCN2C(C)=O. The number of fused-ring (bicyclic) bond motifs is 1. The van der Waals surface area contributed by atoms with E-state index in [1.807, 2.05) is 12.1 Å². The molecular formula is C17H20N2O4. The number of esters is 1. The van der Waals surface area contributed by atoms with E-state index < -0.39 is 6.04 Å². The Labute approximate surface area is 135 Å². The van der Waals surface area contributed by atoms with Crippen LogP contribution in [0, 0.1) is 0 Å². The molecule has 6 heteroatoms. The van der Waals surface area contributed by atoms with Gasteiger partial charge in [0.15, 0.2) is 0 Å². The Balaban J connectivity index is 1.84. The van der Waals surface area contributed by atoms with Crippen LogP contribution in [0.3, 0.4) is 0 Å². The van der Waals surface area contributed by atoms with Crippen LogP contribution in [0.15, 0.2) is 18.2 Å². The molecule has 0 bridgehead atoms. The zero-order chi connectivity index (χ0) is 16.6. The molecule has 0 radical (unpaired) electrons. The summed E-state index contributed by atoms with van der Waals surface area (Å²) >= 11 is 0. The van der Waals surface area contributed by atoms with E-state index in [4.69, 9.17) is 4.74 Å². The second kappa shape index (κ2) is 6.02. The van der Waals surface area contributed by atoms with Gasteiger partial charge in [-0.3, -0.25) is 9.59 Å². The molecule has 0 N–H and O–H groups in total. The second-order valence-corrected chi connectivity index (χ2v) is 5.94. The van der Waals surface area contributed by atoms with Crippen molar-refractivity contribution in [3.8, 4) is 0 Å². The maximum absolute atomic E-state index is 12.7. The normalized spacial score (nSPS) is 19.7. The van der Waals surface area contributed by atoms with Crippen LogP contribution in [0.2, 0.25) is 0 Å². The Hall–Kier alpha value is -2.37. The summed E-state index contributed by atoms with van der Waals surface area (Å²) < 4.78 is 4.79. The number of rotatable bonds is 2. The van der Waals surface area contributed by atoms with Gasteiger partial charge in [-0.05, 0) is 43.0 Å². The molecule has 23 heavy (non-hydrogen) atoms. The predicted octanol–water partition coefficient (Wildman–Crippen LogP) is 1.37. The first kappa shape index (κ1) is 15.5. The number of amides is 2. The highest BCUT2D eigenvalue weighted by Crippen LogP contribution is 2.30. The minimum atomic E-state index is -0.491. The molecule has 6 nitrogen and oxygen atoms in total. The lowest BCUT2D eigenvalue weighted by Crippen LogP contribution is -2.41. The minimum absolute atomic E-state index is 0.00752. The van der Waals surface area contributed by atoms with Crippen molar-refractivity contribution in [1.82, 2.24) is 4.90 Å². The lowest BCUT2D eigenvalue weighted by atomic mass is 10.1. The fraction of sp³-hybridized carbons (Fsp3) is 0.471.